The maximum atomic E-state index is 15.3. The van der Waals surface area contributed by atoms with Crippen molar-refractivity contribution < 1.29 is 28.1 Å². The molecule has 2 N–H and O–H groups in total. The number of rotatable bonds is 10. The van der Waals surface area contributed by atoms with Crippen molar-refractivity contribution in [3.8, 4) is 11.5 Å². The summed E-state index contributed by atoms with van der Waals surface area (Å²) in [6.45, 7) is 9.47. The van der Waals surface area contributed by atoms with E-state index in [9.17, 15) is 0 Å². The van der Waals surface area contributed by atoms with E-state index in [4.69, 9.17) is 9.47 Å². The SMILES string of the molecule is Cc1cc2c(F)c(OCCC[NH+]3CCCCC3)c(OCCC[NH+]3CCCCC3)c(F)c2s1. The molecule has 0 atom stereocenters. The molecule has 1 aromatic heterocycles. The van der Waals surface area contributed by atoms with E-state index in [1.165, 1.54) is 76.0 Å². The smallest absolute Gasteiger partial charge is 0.201 e. The topological polar surface area (TPSA) is 27.3 Å². The number of ether oxygens (including phenoxy) is 2. The molecule has 1 aromatic carbocycles. The maximum Gasteiger partial charge on any atom is 0.201 e. The van der Waals surface area contributed by atoms with Crippen LogP contribution >= 0.6 is 11.3 Å². The molecule has 4 nitrogen and oxygen atoms in total. The number of likely N-dealkylation sites (tertiary alicyclic amines) is 2. The number of aryl methyl sites for hydroxylation is 1. The van der Waals surface area contributed by atoms with Crippen LogP contribution in [-0.4, -0.2) is 52.5 Å². The van der Waals surface area contributed by atoms with Gasteiger partial charge in [0.2, 0.25) is 11.5 Å². The molecule has 7 heteroatoms. The molecule has 0 saturated carbocycles. The van der Waals surface area contributed by atoms with E-state index in [0.717, 1.165) is 30.8 Å². The molecule has 0 radical (unpaired) electrons. The van der Waals surface area contributed by atoms with Gasteiger partial charge in [-0.25, -0.2) is 8.78 Å². The second-order valence-corrected chi connectivity index (χ2v) is 10.7. The maximum absolute atomic E-state index is 15.3. The Morgan fingerprint density at radius 2 is 1.28 bits per heavy atom. The van der Waals surface area contributed by atoms with Crippen molar-refractivity contribution in [3.05, 3.63) is 22.6 Å². The van der Waals surface area contributed by atoms with Gasteiger partial charge in [0.15, 0.2) is 11.6 Å². The Kier molecular flexibility index (Phi) is 8.61. The quantitative estimate of drug-likeness (QED) is 0.524. The van der Waals surface area contributed by atoms with Crippen LogP contribution in [0, 0.1) is 18.6 Å². The molecule has 32 heavy (non-hydrogen) atoms. The number of thiophene rings is 1. The highest BCUT2D eigenvalue weighted by molar-refractivity contribution is 7.19. The Bertz CT molecular complexity index is 808. The largest absolute Gasteiger partial charge is 0.487 e. The first-order chi connectivity index (χ1) is 15.6. The number of fused-ring (bicyclic) bond motifs is 1. The lowest BCUT2D eigenvalue weighted by Crippen LogP contribution is -3.12. The Hall–Kier alpha value is -1.44. The molecule has 0 spiro atoms. The highest BCUT2D eigenvalue weighted by Crippen LogP contribution is 2.43. The van der Waals surface area contributed by atoms with Gasteiger partial charge in [0.05, 0.1) is 57.2 Å². The zero-order valence-corrected chi connectivity index (χ0v) is 20.2. The van der Waals surface area contributed by atoms with E-state index < -0.39 is 11.6 Å². The Morgan fingerprint density at radius 1 is 0.781 bits per heavy atom. The molecule has 0 aliphatic carbocycles. The molecule has 4 rings (SSSR count). The molecule has 0 unspecified atom stereocenters. The molecule has 2 aliphatic rings. The molecule has 0 amide bonds. The summed E-state index contributed by atoms with van der Waals surface area (Å²) in [4.78, 5) is 4.06. The summed E-state index contributed by atoms with van der Waals surface area (Å²) in [5, 5.41) is 0.298. The summed E-state index contributed by atoms with van der Waals surface area (Å²) in [7, 11) is 0. The average Bonchev–Trinajstić information content (AvgIpc) is 3.22. The second-order valence-electron chi connectivity index (χ2n) is 9.41. The minimum absolute atomic E-state index is 0.0455. The van der Waals surface area contributed by atoms with Crippen LogP contribution < -0.4 is 19.3 Å². The van der Waals surface area contributed by atoms with Gasteiger partial charge in [0.1, 0.15) is 0 Å². The number of hydrogen-bond donors (Lipinski definition) is 2. The summed E-state index contributed by atoms with van der Waals surface area (Å²) in [6, 6.07) is 1.70. The third-order valence-electron chi connectivity index (χ3n) is 6.86. The number of nitrogens with one attached hydrogen (secondary N) is 2. The number of hydrogen-bond acceptors (Lipinski definition) is 3. The third kappa shape index (κ3) is 5.91. The lowest BCUT2D eigenvalue weighted by Gasteiger charge is -2.24. The van der Waals surface area contributed by atoms with E-state index in [2.05, 4.69) is 0 Å². The van der Waals surface area contributed by atoms with Crippen molar-refractivity contribution in [2.75, 3.05) is 52.5 Å². The zero-order valence-electron chi connectivity index (χ0n) is 19.4. The van der Waals surface area contributed by atoms with Crippen molar-refractivity contribution in [1.82, 2.24) is 0 Å². The first kappa shape index (κ1) is 23.7. The van der Waals surface area contributed by atoms with Crippen molar-refractivity contribution in [1.29, 1.82) is 0 Å². The van der Waals surface area contributed by atoms with Gasteiger partial charge < -0.3 is 19.3 Å². The lowest BCUT2D eigenvalue weighted by molar-refractivity contribution is -0.905. The van der Waals surface area contributed by atoms with E-state index in [0.29, 0.717) is 23.3 Å². The van der Waals surface area contributed by atoms with E-state index in [-0.39, 0.29) is 11.5 Å². The minimum atomic E-state index is -0.493. The predicted molar refractivity (Wildman–Crippen MR) is 126 cm³/mol. The fraction of sp³-hybridized carbons (Fsp3) is 0.680. The van der Waals surface area contributed by atoms with Gasteiger partial charge in [-0.1, -0.05) is 0 Å². The van der Waals surface area contributed by atoms with Gasteiger partial charge in [0.25, 0.3) is 0 Å². The fourth-order valence-electron chi connectivity index (χ4n) is 5.12. The van der Waals surface area contributed by atoms with Crippen molar-refractivity contribution in [2.45, 2.75) is 58.3 Å². The Morgan fingerprint density at radius 3 is 1.81 bits per heavy atom. The van der Waals surface area contributed by atoms with Crippen LogP contribution in [0.1, 0.15) is 56.2 Å². The first-order valence-corrected chi connectivity index (χ1v) is 13.3. The van der Waals surface area contributed by atoms with Crippen LogP contribution in [0.15, 0.2) is 6.07 Å². The Labute approximate surface area is 194 Å². The predicted octanol–water partition coefficient (Wildman–Crippen LogP) is 3.16. The second kappa shape index (κ2) is 11.6. The molecule has 3 heterocycles. The van der Waals surface area contributed by atoms with Crippen LogP contribution in [0.2, 0.25) is 0 Å². The summed E-state index contributed by atoms with van der Waals surface area (Å²) < 4.78 is 42.7. The van der Waals surface area contributed by atoms with Crippen molar-refractivity contribution in [3.63, 3.8) is 0 Å². The normalized spacial score (nSPS) is 18.3. The van der Waals surface area contributed by atoms with Gasteiger partial charge in [-0.05, 0) is 51.5 Å². The number of quaternary nitrogens is 2. The van der Waals surface area contributed by atoms with Crippen LogP contribution in [0.5, 0.6) is 11.5 Å². The van der Waals surface area contributed by atoms with Gasteiger partial charge >= 0.3 is 0 Å². The fourth-order valence-corrected chi connectivity index (χ4v) is 6.06. The standard InChI is InChI=1S/C25H36F2N2O2S/c1-19-18-20-21(26)23(30-16-8-14-28-10-4-2-5-11-28)24(22(27)25(20)32-19)31-17-9-15-29-12-6-3-7-13-29/h18H,2-17H2,1H3/p+2. The molecule has 178 valence electrons. The van der Waals surface area contributed by atoms with Crippen LogP contribution in [0.25, 0.3) is 10.1 Å². The minimum Gasteiger partial charge on any atom is -0.487 e. The van der Waals surface area contributed by atoms with Gasteiger partial charge in [-0.15, -0.1) is 11.3 Å². The van der Waals surface area contributed by atoms with Crippen LogP contribution in [-0.2, 0) is 0 Å². The molecule has 2 fully saturated rings. The summed E-state index contributed by atoms with van der Waals surface area (Å²) in [6.07, 6.45) is 9.42. The molecule has 0 bridgehead atoms. The molecular weight excluding hydrogens is 430 g/mol. The van der Waals surface area contributed by atoms with Crippen LogP contribution in [0.4, 0.5) is 8.78 Å². The third-order valence-corrected chi connectivity index (χ3v) is 7.90. The highest BCUT2D eigenvalue weighted by atomic mass is 32.1. The van der Waals surface area contributed by atoms with E-state index in [1.54, 1.807) is 15.9 Å². The Balaban J connectivity index is 1.40. The highest BCUT2D eigenvalue weighted by Gasteiger charge is 2.25. The van der Waals surface area contributed by atoms with Gasteiger partial charge in [0, 0.05) is 23.1 Å². The lowest BCUT2D eigenvalue weighted by atomic mass is 10.1. The number of piperidine rings is 2. The molecule has 2 aliphatic heterocycles. The van der Waals surface area contributed by atoms with Gasteiger partial charge in [-0.2, -0.15) is 0 Å². The zero-order chi connectivity index (χ0) is 22.3. The number of halogens is 2. The average molecular weight is 469 g/mol. The summed E-state index contributed by atoms with van der Waals surface area (Å²) in [5.41, 5.74) is 0. The van der Waals surface area contributed by atoms with Crippen LogP contribution in [0.3, 0.4) is 0 Å². The molecule has 2 aromatic rings. The molecular formula is C25H38F2N2O2S+2. The van der Waals surface area contributed by atoms with Gasteiger partial charge in [-0.3, -0.25) is 0 Å². The van der Waals surface area contributed by atoms with Crippen molar-refractivity contribution >= 4 is 21.4 Å². The first-order valence-electron chi connectivity index (χ1n) is 12.5. The monoisotopic (exact) mass is 468 g/mol. The summed E-state index contributed by atoms with van der Waals surface area (Å²) >= 11 is 1.27. The van der Waals surface area contributed by atoms with Crippen molar-refractivity contribution in [2.24, 2.45) is 0 Å². The van der Waals surface area contributed by atoms with E-state index >= 15 is 8.78 Å². The number of benzene rings is 1. The van der Waals surface area contributed by atoms with E-state index in [1.807, 2.05) is 6.92 Å². The molecule has 2 saturated heterocycles. The summed E-state index contributed by atoms with van der Waals surface area (Å²) in [5.74, 6) is -1.07.